The number of carbonyl (C=O) groups is 2. The van der Waals surface area contributed by atoms with Crippen LogP contribution in [0.3, 0.4) is 0 Å². The molecular formula is C19H33N3O4. The van der Waals surface area contributed by atoms with Crippen LogP contribution in [-0.4, -0.2) is 66.4 Å². The molecule has 0 aromatic carbocycles. The maximum atomic E-state index is 12.2. The molecule has 148 valence electrons. The minimum atomic E-state index is -0.474. The van der Waals surface area contributed by atoms with Crippen LogP contribution < -0.4 is 10.6 Å². The van der Waals surface area contributed by atoms with Crippen molar-refractivity contribution in [1.29, 1.82) is 0 Å². The highest BCUT2D eigenvalue weighted by atomic mass is 16.5. The molecule has 2 aliphatic carbocycles. The van der Waals surface area contributed by atoms with Gasteiger partial charge in [-0.05, 0) is 38.5 Å². The third-order valence-corrected chi connectivity index (χ3v) is 6.30. The second kappa shape index (κ2) is 9.04. The molecule has 1 aliphatic heterocycles. The van der Waals surface area contributed by atoms with Crippen molar-refractivity contribution in [1.82, 2.24) is 15.5 Å². The van der Waals surface area contributed by atoms with Gasteiger partial charge in [0.2, 0.25) is 0 Å². The zero-order chi connectivity index (χ0) is 18.5. The summed E-state index contributed by atoms with van der Waals surface area (Å²) in [7, 11) is 1.40. The summed E-state index contributed by atoms with van der Waals surface area (Å²) in [5.41, 5.74) is 0. The number of hydrogen-bond donors (Lipinski definition) is 3. The summed E-state index contributed by atoms with van der Waals surface area (Å²) in [5, 5.41) is 16.5. The Morgan fingerprint density at radius 2 is 1.58 bits per heavy atom. The standard InChI is InChI=1S/C19H33N3O4/c1-26-18(24)13-11-16(17(23)12-13)22-9-7-15(8-10-22)21-19(25)20-14-5-3-2-4-6-14/h13-17,23H,2-12H2,1H3,(H2,20,21,25). The highest BCUT2D eigenvalue weighted by Gasteiger charge is 2.41. The van der Waals surface area contributed by atoms with Gasteiger partial charge >= 0.3 is 12.0 Å². The first-order chi connectivity index (χ1) is 12.6. The smallest absolute Gasteiger partial charge is 0.315 e. The summed E-state index contributed by atoms with van der Waals surface area (Å²) in [4.78, 5) is 26.2. The molecule has 1 heterocycles. The Morgan fingerprint density at radius 1 is 0.962 bits per heavy atom. The van der Waals surface area contributed by atoms with Crippen LogP contribution in [0.1, 0.15) is 57.8 Å². The maximum Gasteiger partial charge on any atom is 0.315 e. The average Bonchev–Trinajstić information content (AvgIpc) is 3.04. The van der Waals surface area contributed by atoms with Crippen LogP contribution in [0.5, 0.6) is 0 Å². The number of aliphatic hydroxyl groups is 1. The number of carbonyl (C=O) groups excluding carboxylic acids is 2. The number of piperidine rings is 1. The number of amides is 2. The maximum absolute atomic E-state index is 12.2. The number of nitrogens with zero attached hydrogens (tertiary/aromatic N) is 1. The number of rotatable bonds is 4. The van der Waals surface area contributed by atoms with Crippen molar-refractivity contribution in [3.63, 3.8) is 0 Å². The largest absolute Gasteiger partial charge is 0.469 e. The molecule has 0 radical (unpaired) electrons. The van der Waals surface area contributed by atoms with E-state index in [-0.39, 0.29) is 30.0 Å². The molecule has 0 aromatic rings. The summed E-state index contributed by atoms with van der Waals surface area (Å²) in [5.74, 6) is -0.417. The van der Waals surface area contributed by atoms with Crippen LogP contribution in [0.2, 0.25) is 0 Å². The second-order valence-electron chi connectivity index (χ2n) is 8.09. The zero-order valence-corrected chi connectivity index (χ0v) is 15.8. The molecule has 2 saturated carbocycles. The predicted octanol–water partition coefficient (Wildman–Crippen LogP) is 1.40. The van der Waals surface area contributed by atoms with E-state index in [1.807, 2.05) is 0 Å². The van der Waals surface area contributed by atoms with Gasteiger partial charge in [0.05, 0.1) is 19.1 Å². The molecule has 0 spiro atoms. The first-order valence-electron chi connectivity index (χ1n) is 10.1. The zero-order valence-electron chi connectivity index (χ0n) is 15.8. The Balaban J connectivity index is 1.40. The Kier molecular flexibility index (Phi) is 6.75. The minimum absolute atomic E-state index is 0.0242. The molecule has 7 nitrogen and oxygen atoms in total. The van der Waals surface area contributed by atoms with E-state index in [9.17, 15) is 14.7 Å². The highest BCUT2D eigenvalue weighted by Crippen LogP contribution is 2.32. The lowest BCUT2D eigenvalue weighted by Gasteiger charge is -2.37. The quantitative estimate of drug-likeness (QED) is 0.654. The minimum Gasteiger partial charge on any atom is -0.469 e. The lowest BCUT2D eigenvalue weighted by Crippen LogP contribution is -2.52. The van der Waals surface area contributed by atoms with Gasteiger partial charge in [-0.2, -0.15) is 0 Å². The van der Waals surface area contributed by atoms with Crippen molar-refractivity contribution in [3.8, 4) is 0 Å². The second-order valence-corrected chi connectivity index (χ2v) is 8.09. The molecule has 3 unspecified atom stereocenters. The third kappa shape index (κ3) is 4.88. The van der Waals surface area contributed by atoms with Gasteiger partial charge in [0, 0.05) is 31.2 Å². The van der Waals surface area contributed by atoms with E-state index in [2.05, 4.69) is 15.5 Å². The van der Waals surface area contributed by atoms with Crippen LogP contribution in [0.15, 0.2) is 0 Å². The van der Waals surface area contributed by atoms with E-state index in [0.29, 0.717) is 18.9 Å². The van der Waals surface area contributed by atoms with E-state index in [1.165, 1.54) is 26.4 Å². The van der Waals surface area contributed by atoms with E-state index >= 15 is 0 Å². The Morgan fingerprint density at radius 3 is 2.19 bits per heavy atom. The van der Waals surface area contributed by atoms with Gasteiger partial charge in [-0.1, -0.05) is 19.3 Å². The van der Waals surface area contributed by atoms with Crippen LogP contribution in [0.4, 0.5) is 4.79 Å². The van der Waals surface area contributed by atoms with Crippen molar-refractivity contribution in [3.05, 3.63) is 0 Å². The van der Waals surface area contributed by atoms with Gasteiger partial charge in [-0.25, -0.2) is 4.79 Å². The number of likely N-dealkylation sites (tertiary alicyclic amines) is 1. The van der Waals surface area contributed by atoms with Gasteiger partial charge in [0.1, 0.15) is 0 Å². The Bertz CT molecular complexity index is 487. The van der Waals surface area contributed by atoms with E-state index in [1.54, 1.807) is 0 Å². The molecule has 3 atom stereocenters. The summed E-state index contributed by atoms with van der Waals surface area (Å²) >= 11 is 0. The molecule has 2 amide bonds. The Hall–Kier alpha value is -1.34. The normalized spacial score (nSPS) is 31.5. The van der Waals surface area contributed by atoms with E-state index in [4.69, 9.17) is 4.74 Å². The van der Waals surface area contributed by atoms with Crippen molar-refractivity contribution in [2.75, 3.05) is 20.2 Å². The average molecular weight is 367 g/mol. The summed E-state index contributed by atoms with van der Waals surface area (Å²) in [6.45, 7) is 1.67. The fraction of sp³-hybridized carbons (Fsp3) is 0.895. The lowest BCUT2D eigenvalue weighted by molar-refractivity contribution is -0.145. The van der Waals surface area contributed by atoms with E-state index < -0.39 is 6.10 Å². The molecule has 7 heteroatoms. The number of urea groups is 1. The molecular weight excluding hydrogens is 334 g/mol. The van der Waals surface area contributed by atoms with Crippen LogP contribution >= 0.6 is 0 Å². The molecule has 26 heavy (non-hydrogen) atoms. The summed E-state index contributed by atoms with van der Waals surface area (Å²) in [6, 6.07) is 0.496. The third-order valence-electron chi connectivity index (χ3n) is 6.30. The molecule has 3 N–H and O–H groups in total. The van der Waals surface area contributed by atoms with Gasteiger partial charge < -0.3 is 20.5 Å². The summed E-state index contributed by atoms with van der Waals surface area (Å²) in [6.07, 6.45) is 8.31. The summed E-state index contributed by atoms with van der Waals surface area (Å²) < 4.78 is 4.82. The van der Waals surface area contributed by atoms with Crippen LogP contribution in [0, 0.1) is 5.92 Å². The topological polar surface area (TPSA) is 90.9 Å². The lowest BCUT2D eigenvalue weighted by atomic mass is 9.96. The Labute approximate surface area is 155 Å². The molecule has 3 aliphatic rings. The van der Waals surface area contributed by atoms with Crippen LogP contribution in [-0.2, 0) is 9.53 Å². The number of nitrogens with one attached hydrogen (secondary N) is 2. The first kappa shape index (κ1) is 19.4. The van der Waals surface area contributed by atoms with Crippen molar-refractivity contribution < 1.29 is 19.4 Å². The van der Waals surface area contributed by atoms with Gasteiger partial charge in [-0.3, -0.25) is 9.69 Å². The van der Waals surface area contributed by atoms with Crippen molar-refractivity contribution in [2.24, 2.45) is 5.92 Å². The predicted molar refractivity (Wildman–Crippen MR) is 97.7 cm³/mol. The number of esters is 1. The monoisotopic (exact) mass is 367 g/mol. The van der Waals surface area contributed by atoms with Gasteiger partial charge in [-0.15, -0.1) is 0 Å². The molecule has 0 bridgehead atoms. The van der Waals surface area contributed by atoms with Gasteiger partial charge in [0.25, 0.3) is 0 Å². The van der Waals surface area contributed by atoms with Crippen LogP contribution in [0.25, 0.3) is 0 Å². The SMILES string of the molecule is COC(=O)C1CC(O)C(N2CCC(NC(=O)NC3CCCCC3)CC2)C1. The van der Waals surface area contributed by atoms with Crippen molar-refractivity contribution >= 4 is 12.0 Å². The number of hydrogen-bond acceptors (Lipinski definition) is 5. The number of ether oxygens (including phenoxy) is 1. The van der Waals surface area contributed by atoms with Gasteiger partial charge in [0.15, 0.2) is 0 Å². The van der Waals surface area contributed by atoms with E-state index in [0.717, 1.165) is 38.8 Å². The highest BCUT2D eigenvalue weighted by molar-refractivity contribution is 5.74. The number of methoxy groups -OCH3 is 1. The molecule has 3 rings (SSSR count). The molecule has 1 saturated heterocycles. The molecule has 3 fully saturated rings. The fourth-order valence-corrected chi connectivity index (χ4v) is 4.78. The number of aliphatic hydroxyl groups excluding tert-OH is 1. The molecule has 0 aromatic heterocycles. The first-order valence-corrected chi connectivity index (χ1v) is 10.1. The van der Waals surface area contributed by atoms with Crippen molar-refractivity contribution in [2.45, 2.75) is 82.0 Å². The fourth-order valence-electron chi connectivity index (χ4n) is 4.78.